The lowest BCUT2D eigenvalue weighted by molar-refractivity contribution is -0.147. The molecule has 0 spiro atoms. The zero-order valence-electron chi connectivity index (χ0n) is 12.5. The average molecular weight is 316 g/mol. The number of hydrogen-bond acceptors (Lipinski definition) is 5. The number of aromatic nitrogens is 1. The molecule has 0 bridgehead atoms. The van der Waals surface area contributed by atoms with Gasteiger partial charge in [0.15, 0.2) is 6.61 Å². The van der Waals surface area contributed by atoms with Gasteiger partial charge in [-0.1, -0.05) is 18.2 Å². The highest BCUT2D eigenvalue weighted by Crippen LogP contribution is 2.22. The molecular formula is C16H16N2O5. The summed E-state index contributed by atoms with van der Waals surface area (Å²) in [6.07, 6.45) is 1.47. The number of pyridine rings is 1. The number of carbonyl (C=O) groups is 2. The number of anilines is 1. The van der Waals surface area contributed by atoms with E-state index in [1.807, 2.05) is 0 Å². The molecule has 0 aliphatic carbocycles. The maximum atomic E-state index is 11.8. The van der Waals surface area contributed by atoms with Crippen molar-refractivity contribution in [3.05, 3.63) is 59.0 Å². The Hall–Kier alpha value is -3.09. The van der Waals surface area contributed by atoms with E-state index in [0.717, 1.165) is 0 Å². The highest BCUT2D eigenvalue weighted by Gasteiger charge is 2.11. The molecule has 2 rings (SSSR count). The van der Waals surface area contributed by atoms with E-state index < -0.39 is 18.5 Å². The van der Waals surface area contributed by atoms with Gasteiger partial charge in [-0.25, -0.2) is 0 Å². The molecule has 0 fully saturated rings. The summed E-state index contributed by atoms with van der Waals surface area (Å²) in [6, 6.07) is 11.4. The third kappa shape index (κ3) is 4.70. The lowest BCUT2D eigenvalue weighted by Gasteiger charge is -2.10. The predicted octanol–water partition coefficient (Wildman–Crippen LogP) is 1.04. The van der Waals surface area contributed by atoms with Crippen LogP contribution in [-0.2, 0) is 20.9 Å². The average Bonchev–Trinajstić information content (AvgIpc) is 2.55. The molecule has 0 saturated heterocycles. The molecule has 1 heterocycles. The Morgan fingerprint density at radius 2 is 1.87 bits per heavy atom. The van der Waals surface area contributed by atoms with Crippen LogP contribution in [0.15, 0.2) is 53.5 Å². The van der Waals surface area contributed by atoms with Crippen LogP contribution in [-0.4, -0.2) is 30.2 Å². The van der Waals surface area contributed by atoms with E-state index in [9.17, 15) is 14.4 Å². The van der Waals surface area contributed by atoms with Crippen molar-refractivity contribution in [2.24, 2.45) is 0 Å². The SMILES string of the molecule is COc1ccccc1NC(=O)COC(=O)Cn1ccccc1=O. The lowest BCUT2D eigenvalue weighted by atomic mass is 10.3. The van der Waals surface area contributed by atoms with Gasteiger partial charge >= 0.3 is 5.97 Å². The van der Waals surface area contributed by atoms with Gasteiger partial charge in [0, 0.05) is 12.3 Å². The van der Waals surface area contributed by atoms with E-state index in [2.05, 4.69) is 5.32 Å². The third-order valence-corrected chi connectivity index (χ3v) is 2.94. The molecule has 0 radical (unpaired) electrons. The number of nitrogens with zero attached hydrogens (tertiary/aromatic N) is 1. The first-order valence-corrected chi connectivity index (χ1v) is 6.84. The van der Waals surface area contributed by atoms with Crippen LogP contribution < -0.4 is 15.6 Å². The number of ether oxygens (including phenoxy) is 2. The molecule has 0 aliphatic rings. The quantitative estimate of drug-likeness (QED) is 0.805. The lowest BCUT2D eigenvalue weighted by Crippen LogP contribution is -2.27. The molecule has 1 N–H and O–H groups in total. The molecule has 7 heteroatoms. The third-order valence-electron chi connectivity index (χ3n) is 2.94. The van der Waals surface area contributed by atoms with Crippen molar-refractivity contribution in [2.45, 2.75) is 6.54 Å². The number of hydrogen-bond donors (Lipinski definition) is 1. The largest absolute Gasteiger partial charge is 0.495 e. The van der Waals surface area contributed by atoms with Gasteiger partial charge in [-0.3, -0.25) is 14.4 Å². The molecule has 120 valence electrons. The molecule has 2 aromatic rings. The summed E-state index contributed by atoms with van der Waals surface area (Å²) in [6.45, 7) is -0.694. The van der Waals surface area contributed by atoms with E-state index in [4.69, 9.17) is 9.47 Å². The topological polar surface area (TPSA) is 86.6 Å². The van der Waals surface area contributed by atoms with Crippen LogP contribution in [0.5, 0.6) is 5.75 Å². The van der Waals surface area contributed by atoms with Gasteiger partial charge < -0.3 is 19.4 Å². The number of amides is 1. The number of esters is 1. The van der Waals surface area contributed by atoms with E-state index in [1.54, 1.807) is 36.4 Å². The summed E-state index contributed by atoms with van der Waals surface area (Å²) in [5, 5.41) is 2.58. The van der Waals surface area contributed by atoms with E-state index in [1.165, 1.54) is 23.9 Å². The fourth-order valence-corrected chi connectivity index (χ4v) is 1.86. The molecule has 1 amide bonds. The second kappa shape index (κ2) is 7.79. The molecular weight excluding hydrogens is 300 g/mol. The summed E-state index contributed by atoms with van der Waals surface area (Å²) in [5.74, 6) is -0.667. The number of benzene rings is 1. The summed E-state index contributed by atoms with van der Waals surface area (Å²) in [4.78, 5) is 34.9. The van der Waals surface area contributed by atoms with Gasteiger partial charge in [0.2, 0.25) is 0 Å². The van der Waals surface area contributed by atoms with Crippen LogP contribution in [0.3, 0.4) is 0 Å². The van der Waals surface area contributed by atoms with Crippen LogP contribution in [0.4, 0.5) is 5.69 Å². The van der Waals surface area contributed by atoms with Gasteiger partial charge in [-0.05, 0) is 18.2 Å². The predicted molar refractivity (Wildman–Crippen MR) is 83.3 cm³/mol. The summed E-state index contributed by atoms with van der Waals surface area (Å²) < 4.78 is 11.2. The number of methoxy groups -OCH3 is 1. The van der Waals surface area contributed by atoms with E-state index >= 15 is 0 Å². The Morgan fingerprint density at radius 1 is 1.13 bits per heavy atom. The van der Waals surface area contributed by atoms with Crippen molar-refractivity contribution in [3.8, 4) is 5.75 Å². The number of rotatable bonds is 6. The van der Waals surface area contributed by atoms with Crippen LogP contribution in [0.25, 0.3) is 0 Å². The molecule has 0 aliphatic heterocycles. The maximum absolute atomic E-state index is 11.8. The van der Waals surface area contributed by atoms with Gasteiger partial charge in [0.05, 0.1) is 12.8 Å². The minimum absolute atomic E-state index is 0.248. The molecule has 7 nitrogen and oxygen atoms in total. The van der Waals surface area contributed by atoms with Crippen molar-refractivity contribution < 1.29 is 19.1 Å². The van der Waals surface area contributed by atoms with Crippen molar-refractivity contribution >= 4 is 17.6 Å². The minimum atomic E-state index is -0.673. The summed E-state index contributed by atoms with van der Waals surface area (Å²) in [7, 11) is 1.49. The first kappa shape index (κ1) is 16.3. The number of carbonyl (C=O) groups excluding carboxylic acids is 2. The molecule has 0 atom stereocenters. The van der Waals surface area contributed by atoms with Crippen molar-refractivity contribution in [1.82, 2.24) is 4.57 Å². The van der Waals surface area contributed by atoms with E-state index in [0.29, 0.717) is 11.4 Å². The Morgan fingerprint density at radius 3 is 2.61 bits per heavy atom. The van der Waals surface area contributed by atoms with Crippen molar-refractivity contribution in [2.75, 3.05) is 19.0 Å². The molecule has 0 saturated carbocycles. The number of para-hydroxylation sites is 2. The Kier molecular flexibility index (Phi) is 5.51. The first-order valence-electron chi connectivity index (χ1n) is 6.84. The first-order chi connectivity index (χ1) is 11.1. The number of nitrogens with one attached hydrogen (secondary N) is 1. The van der Waals surface area contributed by atoms with Crippen molar-refractivity contribution in [1.29, 1.82) is 0 Å². The highest BCUT2D eigenvalue weighted by molar-refractivity contribution is 5.94. The maximum Gasteiger partial charge on any atom is 0.326 e. The smallest absolute Gasteiger partial charge is 0.326 e. The molecule has 23 heavy (non-hydrogen) atoms. The fourth-order valence-electron chi connectivity index (χ4n) is 1.86. The van der Waals surface area contributed by atoms with E-state index in [-0.39, 0.29) is 12.1 Å². The van der Waals surface area contributed by atoms with Crippen LogP contribution in [0, 0.1) is 0 Å². The van der Waals surface area contributed by atoms with Crippen molar-refractivity contribution in [3.63, 3.8) is 0 Å². The molecule has 0 unspecified atom stereocenters. The Labute approximate surface area is 132 Å². The normalized spacial score (nSPS) is 9.96. The second-order valence-electron chi connectivity index (χ2n) is 4.58. The van der Waals surface area contributed by atoms with Gasteiger partial charge in [-0.2, -0.15) is 0 Å². The zero-order valence-corrected chi connectivity index (χ0v) is 12.5. The summed E-state index contributed by atoms with van der Waals surface area (Å²) in [5.41, 5.74) is 0.165. The second-order valence-corrected chi connectivity index (χ2v) is 4.58. The zero-order chi connectivity index (χ0) is 16.7. The summed E-state index contributed by atoms with van der Waals surface area (Å²) >= 11 is 0. The molecule has 1 aromatic carbocycles. The Bertz CT molecular complexity index is 754. The minimum Gasteiger partial charge on any atom is -0.495 e. The fraction of sp³-hybridized carbons (Fsp3) is 0.188. The van der Waals surface area contributed by atoms with Gasteiger partial charge in [0.1, 0.15) is 12.3 Å². The van der Waals surface area contributed by atoms with Crippen LogP contribution in [0.1, 0.15) is 0 Å². The standard InChI is InChI=1S/C16H16N2O5/c1-22-13-7-3-2-6-12(13)17-14(19)11-23-16(21)10-18-9-5-4-8-15(18)20/h2-9H,10-11H2,1H3,(H,17,19). The molecule has 1 aromatic heterocycles. The Balaban J connectivity index is 1.86. The van der Waals surface area contributed by atoms with Gasteiger partial charge in [-0.15, -0.1) is 0 Å². The van der Waals surface area contributed by atoms with Gasteiger partial charge in [0.25, 0.3) is 11.5 Å². The highest BCUT2D eigenvalue weighted by atomic mass is 16.5. The monoisotopic (exact) mass is 316 g/mol. The van der Waals surface area contributed by atoms with Crippen LogP contribution in [0.2, 0.25) is 0 Å². The van der Waals surface area contributed by atoms with Crippen LogP contribution >= 0.6 is 0 Å².